The molecule has 5 nitrogen and oxygen atoms in total. The van der Waals surface area contributed by atoms with Crippen LogP contribution in [0.25, 0.3) is 0 Å². The quantitative estimate of drug-likeness (QED) is 0.495. The van der Waals surface area contributed by atoms with Crippen molar-refractivity contribution in [1.29, 1.82) is 0 Å². The molecular weight excluding hydrogens is 465 g/mol. The number of ether oxygens (including phenoxy) is 2. The van der Waals surface area contributed by atoms with E-state index in [-0.39, 0.29) is 29.5 Å². The Hall–Kier alpha value is -2.64. The summed E-state index contributed by atoms with van der Waals surface area (Å²) >= 11 is 3.38. The van der Waals surface area contributed by atoms with Crippen LogP contribution in [0, 0.1) is 5.82 Å². The summed E-state index contributed by atoms with van der Waals surface area (Å²) < 4.78 is 31.6. The first-order chi connectivity index (χ1) is 15.0. The summed E-state index contributed by atoms with van der Waals surface area (Å²) in [5, 5.41) is 2.96. The highest BCUT2D eigenvalue weighted by molar-refractivity contribution is 9.10. The van der Waals surface area contributed by atoms with E-state index in [9.17, 15) is 9.18 Å². The molecule has 1 aromatic heterocycles. The van der Waals surface area contributed by atoms with Crippen LogP contribution in [0.4, 0.5) is 4.39 Å². The van der Waals surface area contributed by atoms with Crippen molar-refractivity contribution in [3.8, 4) is 5.75 Å². The predicted octanol–water partition coefficient (Wildman–Crippen LogP) is 5.24. The van der Waals surface area contributed by atoms with Crippen LogP contribution in [0.3, 0.4) is 0 Å². The molecule has 162 valence electrons. The lowest BCUT2D eigenvalue weighted by molar-refractivity contribution is 0.0483. The lowest BCUT2D eigenvalue weighted by Crippen LogP contribution is -2.44. The minimum atomic E-state index is -0.365. The van der Waals surface area contributed by atoms with Crippen molar-refractivity contribution in [2.75, 3.05) is 19.8 Å². The number of furan rings is 1. The molecule has 7 heteroatoms. The van der Waals surface area contributed by atoms with Gasteiger partial charge in [0.15, 0.2) is 5.76 Å². The maximum absolute atomic E-state index is 13.8. The SMILES string of the molecule is O=C(NCC1(c2cccc(F)c2)CCOCC1)c1ccc(COc2ccc(Br)cc2)o1. The van der Waals surface area contributed by atoms with Crippen molar-refractivity contribution in [3.05, 3.63) is 88.0 Å². The van der Waals surface area contributed by atoms with Crippen LogP contribution < -0.4 is 10.1 Å². The number of hydrogen-bond acceptors (Lipinski definition) is 4. The highest BCUT2D eigenvalue weighted by atomic mass is 79.9. The van der Waals surface area contributed by atoms with Crippen LogP contribution in [0.1, 0.15) is 34.7 Å². The van der Waals surface area contributed by atoms with Crippen LogP contribution in [0.2, 0.25) is 0 Å². The third-order valence-corrected chi connectivity index (χ3v) is 6.08. The van der Waals surface area contributed by atoms with Crippen molar-refractivity contribution >= 4 is 21.8 Å². The second-order valence-corrected chi connectivity index (χ2v) is 8.51. The lowest BCUT2D eigenvalue weighted by atomic mass is 9.74. The number of carbonyl (C=O) groups is 1. The van der Waals surface area contributed by atoms with Crippen molar-refractivity contribution < 1.29 is 23.1 Å². The second kappa shape index (κ2) is 9.66. The Balaban J connectivity index is 1.39. The zero-order valence-corrected chi connectivity index (χ0v) is 18.5. The summed E-state index contributed by atoms with van der Waals surface area (Å²) in [7, 11) is 0. The van der Waals surface area contributed by atoms with E-state index in [1.165, 1.54) is 6.07 Å². The molecule has 3 aromatic rings. The number of nitrogens with one attached hydrogen (secondary N) is 1. The number of benzene rings is 2. The third-order valence-electron chi connectivity index (χ3n) is 5.55. The molecule has 1 aliphatic rings. The first-order valence-corrected chi connectivity index (χ1v) is 10.9. The van der Waals surface area contributed by atoms with E-state index in [0.29, 0.717) is 44.1 Å². The molecule has 2 heterocycles. The largest absolute Gasteiger partial charge is 0.486 e. The zero-order valence-electron chi connectivity index (χ0n) is 16.9. The molecule has 1 fully saturated rings. The number of amides is 1. The second-order valence-electron chi connectivity index (χ2n) is 7.59. The highest BCUT2D eigenvalue weighted by Gasteiger charge is 2.35. The van der Waals surface area contributed by atoms with Crippen LogP contribution in [-0.2, 0) is 16.8 Å². The average molecular weight is 488 g/mol. The summed E-state index contributed by atoms with van der Waals surface area (Å²) in [6.45, 7) is 1.75. The van der Waals surface area contributed by atoms with Gasteiger partial charge in [-0.1, -0.05) is 28.1 Å². The number of halogens is 2. The number of hydrogen-bond donors (Lipinski definition) is 1. The van der Waals surface area contributed by atoms with Gasteiger partial charge in [-0.05, 0) is 66.9 Å². The number of rotatable bonds is 7. The highest BCUT2D eigenvalue weighted by Crippen LogP contribution is 2.34. The summed E-state index contributed by atoms with van der Waals surface area (Å²) in [4.78, 5) is 12.7. The average Bonchev–Trinajstić information content (AvgIpc) is 3.27. The molecule has 1 amide bonds. The summed E-state index contributed by atoms with van der Waals surface area (Å²) in [6.07, 6.45) is 1.42. The first-order valence-electron chi connectivity index (χ1n) is 10.1. The van der Waals surface area contributed by atoms with E-state index in [4.69, 9.17) is 13.9 Å². The molecular formula is C24H23BrFNO4. The van der Waals surface area contributed by atoms with Crippen molar-refractivity contribution in [3.63, 3.8) is 0 Å². The van der Waals surface area contributed by atoms with Gasteiger partial charge >= 0.3 is 0 Å². The molecule has 2 aromatic carbocycles. The molecule has 31 heavy (non-hydrogen) atoms. The van der Waals surface area contributed by atoms with Crippen molar-refractivity contribution in [2.45, 2.75) is 24.9 Å². The lowest BCUT2D eigenvalue weighted by Gasteiger charge is -2.37. The Morgan fingerprint density at radius 2 is 1.87 bits per heavy atom. The van der Waals surface area contributed by atoms with Crippen LogP contribution >= 0.6 is 15.9 Å². The van der Waals surface area contributed by atoms with Gasteiger partial charge in [-0.15, -0.1) is 0 Å². The van der Waals surface area contributed by atoms with Crippen molar-refractivity contribution in [2.24, 2.45) is 0 Å². The van der Waals surface area contributed by atoms with Gasteiger partial charge < -0.3 is 19.2 Å². The van der Waals surface area contributed by atoms with Crippen LogP contribution in [-0.4, -0.2) is 25.7 Å². The molecule has 0 unspecified atom stereocenters. The van der Waals surface area contributed by atoms with Crippen LogP contribution in [0.15, 0.2) is 69.6 Å². The monoisotopic (exact) mass is 487 g/mol. The van der Waals surface area contributed by atoms with E-state index in [2.05, 4.69) is 21.2 Å². The summed E-state index contributed by atoms with van der Waals surface area (Å²) in [5.74, 6) is 0.894. The topological polar surface area (TPSA) is 60.7 Å². The van der Waals surface area contributed by atoms with Gasteiger partial charge in [0.1, 0.15) is 23.9 Å². The third kappa shape index (κ3) is 5.35. The molecule has 4 rings (SSSR count). The van der Waals surface area contributed by atoms with Gasteiger partial charge in [0.05, 0.1) is 0 Å². The Morgan fingerprint density at radius 3 is 2.61 bits per heavy atom. The van der Waals surface area contributed by atoms with Gasteiger partial charge in [-0.3, -0.25) is 4.79 Å². The van der Waals surface area contributed by atoms with Gasteiger partial charge in [-0.2, -0.15) is 0 Å². The van der Waals surface area contributed by atoms with Gasteiger partial charge in [0.25, 0.3) is 5.91 Å². The van der Waals surface area contributed by atoms with Crippen molar-refractivity contribution in [1.82, 2.24) is 5.32 Å². The molecule has 0 saturated carbocycles. The standard InChI is InChI=1S/C24H23BrFNO4/c25-18-4-6-20(7-5-18)30-15-21-8-9-22(31-21)23(28)27-16-24(10-12-29-13-11-24)17-2-1-3-19(26)14-17/h1-9,14H,10-13,15-16H2,(H,27,28). The minimum Gasteiger partial charge on any atom is -0.486 e. The summed E-state index contributed by atoms with van der Waals surface area (Å²) in [5.41, 5.74) is 0.509. The molecule has 1 N–H and O–H groups in total. The first kappa shape index (κ1) is 21.6. The van der Waals surface area contributed by atoms with E-state index in [1.807, 2.05) is 30.3 Å². The molecule has 0 atom stereocenters. The minimum absolute atomic E-state index is 0.218. The molecule has 0 radical (unpaired) electrons. The predicted molar refractivity (Wildman–Crippen MR) is 118 cm³/mol. The fourth-order valence-corrected chi connectivity index (χ4v) is 4.01. The maximum atomic E-state index is 13.8. The van der Waals surface area contributed by atoms with Gasteiger partial charge in [-0.25, -0.2) is 4.39 Å². The fraction of sp³-hybridized carbons (Fsp3) is 0.292. The Kier molecular flexibility index (Phi) is 6.73. The van der Waals surface area contributed by atoms with E-state index >= 15 is 0 Å². The van der Waals surface area contributed by atoms with E-state index < -0.39 is 0 Å². The Labute approximate surface area is 188 Å². The van der Waals surface area contributed by atoms with Gasteiger partial charge in [0.2, 0.25) is 0 Å². The zero-order chi connectivity index (χ0) is 21.7. The maximum Gasteiger partial charge on any atom is 0.287 e. The molecule has 0 bridgehead atoms. The number of carbonyl (C=O) groups excluding carboxylic acids is 1. The van der Waals surface area contributed by atoms with Gasteiger partial charge in [0, 0.05) is 29.6 Å². The fourth-order valence-electron chi connectivity index (χ4n) is 3.75. The van der Waals surface area contributed by atoms with Crippen LogP contribution in [0.5, 0.6) is 5.75 Å². The Morgan fingerprint density at radius 1 is 1.10 bits per heavy atom. The van der Waals surface area contributed by atoms with E-state index in [0.717, 1.165) is 10.0 Å². The molecule has 0 spiro atoms. The van der Waals surface area contributed by atoms with E-state index in [1.54, 1.807) is 24.3 Å². The molecule has 1 aliphatic heterocycles. The Bertz CT molecular complexity index is 1030. The molecule has 0 aliphatic carbocycles. The smallest absolute Gasteiger partial charge is 0.287 e. The summed E-state index contributed by atoms with van der Waals surface area (Å²) in [6, 6.07) is 17.4. The normalized spacial score (nSPS) is 15.4. The molecule has 1 saturated heterocycles.